The van der Waals surface area contributed by atoms with Crippen molar-refractivity contribution in [2.75, 3.05) is 13.1 Å². The third-order valence-electron chi connectivity index (χ3n) is 4.37. The van der Waals surface area contributed by atoms with E-state index in [1.807, 2.05) is 30.3 Å². The number of carbonyl (C=O) groups excluding carboxylic acids is 1. The number of rotatable bonds is 4. The van der Waals surface area contributed by atoms with E-state index in [0.29, 0.717) is 25.5 Å². The lowest BCUT2D eigenvalue weighted by atomic mass is 10.1. The number of hydrogen-bond acceptors (Lipinski definition) is 4. The highest BCUT2D eigenvalue weighted by Gasteiger charge is 2.25. The first-order valence-corrected chi connectivity index (χ1v) is 9.21. The fourth-order valence-corrected chi connectivity index (χ4v) is 2.90. The number of amides is 1. The highest BCUT2D eigenvalue weighted by molar-refractivity contribution is 5.91. The van der Waals surface area contributed by atoms with E-state index in [4.69, 9.17) is 9.15 Å². The van der Waals surface area contributed by atoms with Crippen molar-refractivity contribution in [1.82, 2.24) is 4.90 Å². The fourth-order valence-electron chi connectivity index (χ4n) is 2.90. The number of likely N-dealkylation sites (tertiary alicyclic amines) is 1. The summed E-state index contributed by atoms with van der Waals surface area (Å²) in [6.45, 7) is 5.08. The average molecular weight is 367 g/mol. The van der Waals surface area contributed by atoms with E-state index in [1.54, 1.807) is 30.9 Å². The molecule has 1 saturated heterocycles. The molecule has 0 saturated carbocycles. The minimum absolute atomic E-state index is 0.132. The van der Waals surface area contributed by atoms with Gasteiger partial charge >= 0.3 is 0 Å². The number of carbonyl (C=O) groups is 1. The molecule has 5 nitrogen and oxygen atoms in total. The van der Waals surface area contributed by atoms with Crippen LogP contribution < -0.4 is 0 Å². The second kappa shape index (κ2) is 8.43. The molecule has 3 rings (SSSR count). The lowest BCUT2D eigenvalue weighted by Gasteiger charge is -2.31. The summed E-state index contributed by atoms with van der Waals surface area (Å²) in [5, 5.41) is 9.64. The summed E-state index contributed by atoms with van der Waals surface area (Å²) >= 11 is 0. The Bertz CT molecular complexity index is 815. The maximum Gasteiger partial charge on any atom is 0.289 e. The first-order chi connectivity index (χ1) is 12.9. The summed E-state index contributed by atoms with van der Waals surface area (Å²) in [6, 6.07) is 13.4. The fraction of sp³-hybridized carbons (Fsp3) is 0.409. The van der Waals surface area contributed by atoms with Crippen LogP contribution in [0.15, 0.2) is 46.9 Å². The van der Waals surface area contributed by atoms with Crippen molar-refractivity contribution in [1.29, 1.82) is 0 Å². The summed E-state index contributed by atoms with van der Waals surface area (Å²) in [7, 11) is 0. The Morgan fingerprint density at radius 1 is 1.22 bits per heavy atom. The highest BCUT2D eigenvalue weighted by atomic mass is 16.5. The molecular weight excluding hydrogens is 342 g/mol. The number of aliphatic hydroxyl groups is 1. The zero-order valence-corrected chi connectivity index (χ0v) is 15.8. The molecule has 1 aromatic carbocycles. The van der Waals surface area contributed by atoms with E-state index in [-0.39, 0.29) is 17.8 Å². The molecule has 1 amide bonds. The maximum atomic E-state index is 12.6. The molecule has 1 aliphatic heterocycles. The summed E-state index contributed by atoms with van der Waals surface area (Å²) in [5.74, 6) is 5.94. The molecule has 0 bridgehead atoms. The Hall–Kier alpha value is -2.55. The van der Waals surface area contributed by atoms with E-state index >= 15 is 0 Å². The van der Waals surface area contributed by atoms with Gasteiger partial charge in [-0.15, -0.1) is 0 Å². The van der Waals surface area contributed by atoms with Crippen LogP contribution in [0.1, 0.15) is 48.6 Å². The molecule has 1 N–H and O–H groups in total. The smallest absolute Gasteiger partial charge is 0.289 e. The molecule has 0 radical (unpaired) electrons. The first kappa shape index (κ1) is 19.2. The van der Waals surface area contributed by atoms with Crippen LogP contribution in [0.5, 0.6) is 0 Å². The third-order valence-corrected chi connectivity index (χ3v) is 4.37. The molecule has 2 aromatic rings. The van der Waals surface area contributed by atoms with Gasteiger partial charge in [-0.1, -0.05) is 36.3 Å². The number of hydrogen-bond donors (Lipinski definition) is 1. The van der Waals surface area contributed by atoms with Crippen molar-refractivity contribution in [3.63, 3.8) is 0 Å². The Morgan fingerprint density at radius 2 is 1.93 bits per heavy atom. The molecule has 0 spiro atoms. The van der Waals surface area contributed by atoms with Gasteiger partial charge in [-0.3, -0.25) is 4.79 Å². The minimum atomic E-state index is -1.10. The third kappa shape index (κ3) is 5.72. The van der Waals surface area contributed by atoms with E-state index < -0.39 is 5.60 Å². The van der Waals surface area contributed by atoms with Crippen LogP contribution in [-0.4, -0.2) is 40.7 Å². The standard InChI is InChI=1S/C22H25NO4/c1-22(2,25)13-10-19-8-9-20(27-19)21(24)23-14-11-18(12-15-23)26-16-17-6-4-3-5-7-17/h3-9,18,25H,11-12,14-16H2,1-2H3. The molecule has 0 aliphatic carbocycles. The second-order valence-electron chi connectivity index (χ2n) is 7.26. The molecule has 0 atom stereocenters. The van der Waals surface area contributed by atoms with Crippen LogP contribution in [0.2, 0.25) is 0 Å². The minimum Gasteiger partial charge on any atom is -0.443 e. The van der Waals surface area contributed by atoms with Gasteiger partial charge < -0.3 is 19.2 Å². The number of furan rings is 1. The molecule has 1 fully saturated rings. The van der Waals surface area contributed by atoms with Gasteiger partial charge in [-0.05, 0) is 50.3 Å². The van der Waals surface area contributed by atoms with Gasteiger partial charge in [0, 0.05) is 13.1 Å². The Labute approximate surface area is 159 Å². The first-order valence-electron chi connectivity index (χ1n) is 9.21. The van der Waals surface area contributed by atoms with E-state index in [2.05, 4.69) is 11.8 Å². The number of ether oxygens (including phenoxy) is 1. The van der Waals surface area contributed by atoms with Gasteiger partial charge in [0.1, 0.15) is 5.60 Å². The van der Waals surface area contributed by atoms with E-state index in [0.717, 1.165) is 18.4 Å². The van der Waals surface area contributed by atoms with Crippen molar-refractivity contribution < 1.29 is 19.1 Å². The van der Waals surface area contributed by atoms with Gasteiger partial charge in [0.2, 0.25) is 0 Å². The van der Waals surface area contributed by atoms with Crippen molar-refractivity contribution in [3.05, 3.63) is 59.5 Å². The predicted molar refractivity (Wildman–Crippen MR) is 102 cm³/mol. The van der Waals surface area contributed by atoms with Crippen LogP contribution >= 0.6 is 0 Å². The van der Waals surface area contributed by atoms with Crippen LogP contribution in [0, 0.1) is 11.8 Å². The molecule has 27 heavy (non-hydrogen) atoms. The van der Waals surface area contributed by atoms with E-state index in [9.17, 15) is 9.90 Å². The zero-order chi connectivity index (χ0) is 19.3. The Kier molecular flexibility index (Phi) is 6.00. The van der Waals surface area contributed by atoms with Crippen LogP contribution in [-0.2, 0) is 11.3 Å². The van der Waals surface area contributed by atoms with Gasteiger partial charge in [-0.2, -0.15) is 0 Å². The summed E-state index contributed by atoms with van der Waals surface area (Å²) in [6.07, 6.45) is 1.79. The molecule has 5 heteroatoms. The molecule has 2 heterocycles. The van der Waals surface area contributed by atoms with Gasteiger partial charge in [0.15, 0.2) is 11.5 Å². The van der Waals surface area contributed by atoms with Crippen LogP contribution in [0.4, 0.5) is 0 Å². The molecule has 0 unspecified atom stereocenters. The maximum absolute atomic E-state index is 12.6. The molecule has 1 aliphatic rings. The summed E-state index contributed by atoms with van der Waals surface area (Å²) in [5.41, 5.74) is 0.0600. The van der Waals surface area contributed by atoms with Crippen molar-refractivity contribution in [2.45, 2.75) is 45.0 Å². The van der Waals surface area contributed by atoms with Crippen LogP contribution in [0.3, 0.4) is 0 Å². The number of benzene rings is 1. The Balaban J connectivity index is 1.50. The van der Waals surface area contributed by atoms with Crippen molar-refractivity contribution >= 4 is 5.91 Å². The molecule has 142 valence electrons. The average Bonchev–Trinajstić information content (AvgIpc) is 3.14. The van der Waals surface area contributed by atoms with Gasteiger partial charge in [-0.25, -0.2) is 0 Å². The monoisotopic (exact) mass is 367 g/mol. The summed E-state index contributed by atoms with van der Waals surface area (Å²) < 4.78 is 11.5. The quantitative estimate of drug-likeness (QED) is 0.843. The zero-order valence-electron chi connectivity index (χ0n) is 15.8. The normalized spacial score (nSPS) is 15.3. The summed E-state index contributed by atoms with van der Waals surface area (Å²) in [4.78, 5) is 14.4. The lowest BCUT2D eigenvalue weighted by Crippen LogP contribution is -2.40. The Morgan fingerprint density at radius 3 is 2.59 bits per heavy atom. The van der Waals surface area contributed by atoms with Crippen molar-refractivity contribution in [3.8, 4) is 11.8 Å². The highest BCUT2D eigenvalue weighted by Crippen LogP contribution is 2.19. The van der Waals surface area contributed by atoms with Crippen molar-refractivity contribution in [2.24, 2.45) is 0 Å². The largest absolute Gasteiger partial charge is 0.443 e. The second-order valence-corrected chi connectivity index (χ2v) is 7.26. The molecular formula is C22H25NO4. The van der Waals surface area contributed by atoms with Crippen LogP contribution in [0.25, 0.3) is 0 Å². The predicted octanol–water partition coefficient (Wildman–Crippen LogP) is 3.22. The van der Waals surface area contributed by atoms with Gasteiger partial charge in [0.25, 0.3) is 5.91 Å². The molecule has 1 aromatic heterocycles. The lowest BCUT2D eigenvalue weighted by molar-refractivity contribution is -0.00105. The van der Waals surface area contributed by atoms with Gasteiger partial charge in [0.05, 0.1) is 12.7 Å². The SMILES string of the molecule is CC(C)(O)C#Cc1ccc(C(=O)N2CCC(OCc3ccccc3)CC2)o1. The topological polar surface area (TPSA) is 62.9 Å². The van der Waals surface area contributed by atoms with E-state index in [1.165, 1.54) is 0 Å². The number of piperidine rings is 1. The number of nitrogens with zero attached hydrogens (tertiary/aromatic N) is 1.